The molecule has 3 aromatic rings. The lowest BCUT2D eigenvalue weighted by Gasteiger charge is -2.13. The van der Waals surface area contributed by atoms with Gasteiger partial charge in [0.1, 0.15) is 12.4 Å². The van der Waals surface area contributed by atoms with Crippen molar-refractivity contribution < 1.29 is 13.9 Å². The maximum atomic E-state index is 13.2. The van der Waals surface area contributed by atoms with Crippen molar-refractivity contribution in [2.24, 2.45) is 0 Å². The molecule has 0 spiro atoms. The summed E-state index contributed by atoms with van der Waals surface area (Å²) < 4.78 is 24.6. The van der Waals surface area contributed by atoms with Crippen LogP contribution in [0.5, 0.6) is 11.5 Å². The van der Waals surface area contributed by atoms with Crippen LogP contribution in [-0.2, 0) is 13.2 Å². The van der Waals surface area contributed by atoms with Gasteiger partial charge in [0.2, 0.25) is 0 Å². The van der Waals surface area contributed by atoms with E-state index in [0.29, 0.717) is 24.7 Å². The van der Waals surface area contributed by atoms with Crippen molar-refractivity contribution >= 4 is 17.3 Å². The minimum absolute atomic E-state index is 0.0949. The maximum Gasteiger partial charge on any atom is 0.161 e. The highest BCUT2D eigenvalue weighted by molar-refractivity contribution is 6.31. The summed E-state index contributed by atoms with van der Waals surface area (Å²) in [7, 11) is 1.62. The van der Waals surface area contributed by atoms with E-state index in [9.17, 15) is 4.39 Å². The van der Waals surface area contributed by atoms with Gasteiger partial charge in [-0.05, 0) is 48.4 Å². The Hall–Kier alpha value is -2.72. The maximum absolute atomic E-state index is 13.2. The van der Waals surface area contributed by atoms with Crippen molar-refractivity contribution in [3.05, 3.63) is 88.2 Å². The summed E-state index contributed by atoms with van der Waals surface area (Å²) >= 11 is 5.81. The molecule has 0 aliphatic heterocycles. The SMILES string of the molecule is COc1cc(CNc2ccc(F)c(Cl)c2)ccc1OCc1cccc(C)c1. The molecule has 3 rings (SSSR count). The van der Waals surface area contributed by atoms with E-state index in [2.05, 4.69) is 24.4 Å². The van der Waals surface area contributed by atoms with Gasteiger partial charge in [-0.2, -0.15) is 0 Å². The monoisotopic (exact) mass is 385 g/mol. The molecule has 0 unspecified atom stereocenters. The zero-order valence-corrected chi connectivity index (χ0v) is 16.0. The summed E-state index contributed by atoms with van der Waals surface area (Å²) in [6.07, 6.45) is 0. The molecule has 0 bridgehead atoms. The first kappa shape index (κ1) is 19.1. The third-order valence-corrected chi connectivity index (χ3v) is 4.41. The van der Waals surface area contributed by atoms with Crippen LogP contribution in [0.4, 0.5) is 10.1 Å². The molecule has 0 radical (unpaired) electrons. The highest BCUT2D eigenvalue weighted by atomic mass is 35.5. The zero-order chi connectivity index (χ0) is 19.2. The standard InChI is InChI=1S/C22H21ClFNO2/c1-15-4-3-5-17(10-15)14-27-21-9-6-16(11-22(21)26-2)13-25-18-7-8-20(24)19(23)12-18/h3-12,25H,13-14H2,1-2H3. The predicted molar refractivity (Wildman–Crippen MR) is 107 cm³/mol. The number of benzene rings is 3. The van der Waals surface area contributed by atoms with Gasteiger partial charge in [0.05, 0.1) is 12.1 Å². The van der Waals surface area contributed by atoms with Crippen LogP contribution in [0.25, 0.3) is 0 Å². The number of hydrogen-bond donors (Lipinski definition) is 1. The fourth-order valence-corrected chi connectivity index (χ4v) is 2.89. The lowest BCUT2D eigenvalue weighted by Crippen LogP contribution is -2.02. The molecular weight excluding hydrogens is 365 g/mol. The van der Waals surface area contributed by atoms with Crippen molar-refractivity contribution in [2.45, 2.75) is 20.1 Å². The van der Waals surface area contributed by atoms with E-state index in [4.69, 9.17) is 21.1 Å². The normalized spacial score (nSPS) is 10.5. The molecule has 0 saturated carbocycles. The van der Waals surface area contributed by atoms with Crippen LogP contribution in [-0.4, -0.2) is 7.11 Å². The van der Waals surface area contributed by atoms with Crippen molar-refractivity contribution in [1.29, 1.82) is 0 Å². The third kappa shape index (κ3) is 5.14. The van der Waals surface area contributed by atoms with Crippen molar-refractivity contribution in [3.63, 3.8) is 0 Å². The predicted octanol–water partition coefficient (Wildman–Crippen LogP) is 5.99. The number of rotatable bonds is 7. The Balaban J connectivity index is 1.65. The van der Waals surface area contributed by atoms with Crippen LogP contribution < -0.4 is 14.8 Å². The number of methoxy groups -OCH3 is 1. The van der Waals surface area contributed by atoms with Gasteiger partial charge in [0.25, 0.3) is 0 Å². The Bertz CT molecular complexity index is 930. The first-order chi connectivity index (χ1) is 13.0. The highest BCUT2D eigenvalue weighted by Crippen LogP contribution is 2.29. The minimum atomic E-state index is -0.431. The van der Waals surface area contributed by atoms with Gasteiger partial charge in [0.15, 0.2) is 11.5 Å². The summed E-state index contributed by atoms with van der Waals surface area (Å²) in [6.45, 7) is 3.08. The number of hydrogen-bond acceptors (Lipinski definition) is 3. The summed E-state index contributed by atoms with van der Waals surface area (Å²) in [5.74, 6) is 0.922. The van der Waals surface area contributed by atoms with Crippen LogP contribution in [0.2, 0.25) is 5.02 Å². The van der Waals surface area contributed by atoms with Gasteiger partial charge in [-0.1, -0.05) is 47.5 Å². The van der Waals surface area contributed by atoms with E-state index in [-0.39, 0.29) is 5.02 Å². The molecule has 5 heteroatoms. The molecule has 140 valence electrons. The Kier molecular flexibility index (Phi) is 6.20. The Morgan fingerprint density at radius 1 is 0.963 bits per heavy atom. The van der Waals surface area contributed by atoms with E-state index in [1.165, 1.54) is 11.6 Å². The van der Waals surface area contributed by atoms with Crippen LogP contribution in [0.15, 0.2) is 60.7 Å². The van der Waals surface area contributed by atoms with Crippen LogP contribution in [0, 0.1) is 12.7 Å². The summed E-state index contributed by atoms with van der Waals surface area (Å²) in [4.78, 5) is 0. The van der Waals surface area contributed by atoms with E-state index in [0.717, 1.165) is 16.8 Å². The third-order valence-electron chi connectivity index (χ3n) is 4.12. The molecule has 27 heavy (non-hydrogen) atoms. The molecule has 0 amide bonds. The number of ether oxygens (including phenoxy) is 2. The quantitative estimate of drug-likeness (QED) is 0.542. The van der Waals surface area contributed by atoms with E-state index >= 15 is 0 Å². The second-order valence-corrected chi connectivity index (χ2v) is 6.65. The first-order valence-electron chi connectivity index (χ1n) is 8.59. The van der Waals surface area contributed by atoms with Gasteiger partial charge >= 0.3 is 0 Å². The summed E-state index contributed by atoms with van der Waals surface area (Å²) in [5.41, 5.74) is 4.07. The molecule has 3 aromatic carbocycles. The average Bonchev–Trinajstić information content (AvgIpc) is 2.67. The number of aryl methyl sites for hydroxylation is 1. The van der Waals surface area contributed by atoms with E-state index < -0.39 is 5.82 Å². The number of anilines is 1. The molecule has 0 atom stereocenters. The van der Waals surface area contributed by atoms with Gasteiger partial charge in [-0.15, -0.1) is 0 Å². The fourth-order valence-electron chi connectivity index (χ4n) is 2.71. The number of halogens is 2. The molecule has 0 fully saturated rings. The van der Waals surface area contributed by atoms with E-state index in [1.807, 2.05) is 30.3 Å². The van der Waals surface area contributed by atoms with Crippen LogP contribution >= 0.6 is 11.6 Å². The fraction of sp³-hybridized carbons (Fsp3) is 0.182. The molecule has 1 N–H and O–H groups in total. The second-order valence-electron chi connectivity index (χ2n) is 6.25. The first-order valence-corrected chi connectivity index (χ1v) is 8.97. The molecule has 0 aliphatic rings. The largest absolute Gasteiger partial charge is 0.493 e. The van der Waals surface area contributed by atoms with Crippen LogP contribution in [0.1, 0.15) is 16.7 Å². The molecule has 0 heterocycles. The Morgan fingerprint density at radius 3 is 2.56 bits per heavy atom. The average molecular weight is 386 g/mol. The zero-order valence-electron chi connectivity index (χ0n) is 15.3. The van der Waals surface area contributed by atoms with Gasteiger partial charge in [-0.3, -0.25) is 0 Å². The Morgan fingerprint density at radius 2 is 1.81 bits per heavy atom. The molecule has 0 aromatic heterocycles. The van der Waals surface area contributed by atoms with Crippen molar-refractivity contribution in [1.82, 2.24) is 0 Å². The lowest BCUT2D eigenvalue weighted by molar-refractivity contribution is 0.284. The molecule has 0 aliphatic carbocycles. The highest BCUT2D eigenvalue weighted by Gasteiger charge is 2.07. The summed E-state index contributed by atoms with van der Waals surface area (Å²) in [5, 5.41) is 3.31. The number of nitrogens with one attached hydrogen (secondary N) is 1. The second kappa shape index (κ2) is 8.78. The summed E-state index contributed by atoms with van der Waals surface area (Å²) in [6, 6.07) is 18.5. The van der Waals surface area contributed by atoms with Crippen molar-refractivity contribution in [3.8, 4) is 11.5 Å². The topological polar surface area (TPSA) is 30.5 Å². The van der Waals surface area contributed by atoms with Crippen molar-refractivity contribution in [2.75, 3.05) is 12.4 Å². The lowest BCUT2D eigenvalue weighted by atomic mass is 10.1. The van der Waals surface area contributed by atoms with Crippen LogP contribution in [0.3, 0.4) is 0 Å². The smallest absolute Gasteiger partial charge is 0.161 e. The molecular formula is C22H21ClFNO2. The molecule has 3 nitrogen and oxygen atoms in total. The van der Waals surface area contributed by atoms with E-state index in [1.54, 1.807) is 19.2 Å². The molecule has 0 saturated heterocycles. The van der Waals surface area contributed by atoms with Gasteiger partial charge < -0.3 is 14.8 Å². The Labute approximate surface area is 163 Å². The van der Waals surface area contributed by atoms with Gasteiger partial charge in [0, 0.05) is 12.2 Å². The minimum Gasteiger partial charge on any atom is -0.493 e. The van der Waals surface area contributed by atoms with Gasteiger partial charge in [-0.25, -0.2) is 4.39 Å².